The van der Waals surface area contributed by atoms with Crippen LogP contribution >= 0.6 is 46.6 Å². The van der Waals surface area contributed by atoms with Crippen molar-refractivity contribution in [3.63, 3.8) is 0 Å². The van der Waals surface area contributed by atoms with Gasteiger partial charge < -0.3 is 56.2 Å². The van der Waals surface area contributed by atoms with E-state index in [4.69, 9.17) is 19.5 Å². The lowest BCUT2D eigenvalue weighted by Gasteiger charge is -2.30. The molecule has 1 aliphatic heterocycles. The summed E-state index contributed by atoms with van der Waals surface area (Å²) in [6.07, 6.45) is -3.72. The summed E-state index contributed by atoms with van der Waals surface area (Å²) >= 11 is 2.25. The van der Waals surface area contributed by atoms with Crippen molar-refractivity contribution in [3.8, 4) is 22.3 Å². The standard InChI is InChI=1S/C46H54N9O18P3S2/c1-46(2,24-70-76(67,68)73-75(65,66)69-22-33-39(72-74(62,63)64)38(58)45(71-33)55-26-53-37-41(47)51-25-52-42(37)55)40(59)44(61)50-17-14-35(56)49-18-19-77-36(57)21-32(30-6-4-3-5-7-30)54-43(60)34-20-31(23-78-34)28-10-8-27(9-11-28)29-12-15-48-16-13-29/h3-13,15-16,20,23,25-26,32-33,38-40,45,58-59H,14,17-19,21-22,24H2,1-2H3,(H,49,56)(H,50,61)(H,54,60)(H,65,66)(H,67,68)(H2,47,51,52)(H2,62,63,64). The number of phosphoric ester groups is 3. The fraction of sp³-hybridized carbons (Fsp3) is 0.348. The van der Waals surface area contributed by atoms with Crippen molar-refractivity contribution in [1.82, 2.24) is 40.5 Å². The number of aliphatic hydroxyl groups is 2. The zero-order chi connectivity index (χ0) is 56.4. The van der Waals surface area contributed by atoms with Crippen LogP contribution in [-0.2, 0) is 50.7 Å². The van der Waals surface area contributed by atoms with E-state index in [1.165, 1.54) is 25.2 Å². The third-order valence-corrected chi connectivity index (χ3v) is 16.6. The number of nitrogens with two attached hydrogens (primary N) is 1. The third kappa shape index (κ3) is 16.5. The number of amides is 3. The van der Waals surface area contributed by atoms with Gasteiger partial charge in [0.25, 0.3) is 5.91 Å². The number of fused-ring (bicyclic) bond motifs is 1. The molecule has 78 heavy (non-hydrogen) atoms. The Balaban J connectivity index is 0.808. The van der Waals surface area contributed by atoms with E-state index in [0.29, 0.717) is 4.88 Å². The first kappa shape index (κ1) is 60.0. The van der Waals surface area contributed by atoms with Gasteiger partial charge in [-0.2, -0.15) is 4.31 Å². The number of imidazole rings is 1. The number of aromatic nitrogens is 5. The highest BCUT2D eigenvalue weighted by molar-refractivity contribution is 8.13. The van der Waals surface area contributed by atoms with Gasteiger partial charge in [-0.3, -0.25) is 42.3 Å². The number of anilines is 1. The summed E-state index contributed by atoms with van der Waals surface area (Å²) in [5.74, 6) is -1.72. The lowest BCUT2D eigenvalue weighted by molar-refractivity contribution is -0.137. The highest BCUT2D eigenvalue weighted by Gasteiger charge is 2.50. The quantitative estimate of drug-likeness (QED) is 0.0271. The lowest BCUT2D eigenvalue weighted by atomic mass is 9.87. The van der Waals surface area contributed by atoms with Crippen molar-refractivity contribution in [1.29, 1.82) is 0 Å². The van der Waals surface area contributed by atoms with Gasteiger partial charge in [0.2, 0.25) is 11.8 Å². The molecule has 1 aliphatic rings. The van der Waals surface area contributed by atoms with Gasteiger partial charge in [0.15, 0.2) is 22.8 Å². The largest absolute Gasteiger partial charge is 0.481 e. The zero-order valence-corrected chi connectivity index (χ0v) is 45.6. The van der Waals surface area contributed by atoms with Crippen LogP contribution in [0, 0.1) is 5.41 Å². The van der Waals surface area contributed by atoms with E-state index in [-0.39, 0.29) is 59.7 Å². The Morgan fingerprint density at radius 3 is 2.24 bits per heavy atom. The molecular formula is C46H54N9O18P3S2. The number of ether oxygens (including phenoxy) is 1. The number of hydrogen-bond acceptors (Lipinski definition) is 21. The molecule has 0 aliphatic carbocycles. The van der Waals surface area contributed by atoms with Gasteiger partial charge >= 0.3 is 23.5 Å². The topological polar surface area (TPSA) is 406 Å². The van der Waals surface area contributed by atoms with Crippen LogP contribution in [0.5, 0.6) is 0 Å². The van der Waals surface area contributed by atoms with Crippen molar-refractivity contribution in [2.75, 3.05) is 37.8 Å². The fourth-order valence-corrected chi connectivity index (χ4v) is 12.1. The Kier molecular flexibility index (Phi) is 20.0. The first-order valence-corrected chi connectivity index (χ1v) is 29.8. The smallest absolute Gasteiger partial charge is 0.386 e. The maximum Gasteiger partial charge on any atom is 0.481 e. The molecule has 1 fully saturated rings. The summed E-state index contributed by atoms with van der Waals surface area (Å²) in [5, 5.41) is 31.4. The lowest BCUT2D eigenvalue weighted by Crippen LogP contribution is -2.46. The molecule has 6 aromatic rings. The number of thioether (sulfide) groups is 1. The van der Waals surface area contributed by atoms with Gasteiger partial charge in [0.1, 0.15) is 36.3 Å². The van der Waals surface area contributed by atoms with Crippen LogP contribution in [0.3, 0.4) is 0 Å². The first-order chi connectivity index (χ1) is 36.9. The molecule has 0 bridgehead atoms. The number of nitrogen functional groups attached to an aromatic ring is 1. The Labute approximate surface area is 452 Å². The number of aliphatic hydroxyl groups excluding tert-OH is 2. The average molecular weight is 1180 g/mol. The van der Waals surface area contributed by atoms with Crippen LogP contribution in [0.4, 0.5) is 5.82 Å². The van der Waals surface area contributed by atoms with Crippen molar-refractivity contribution in [3.05, 3.63) is 114 Å². The Bertz CT molecular complexity index is 3210. The molecule has 2 aromatic carbocycles. The summed E-state index contributed by atoms with van der Waals surface area (Å²) in [7, 11) is -16.5. The van der Waals surface area contributed by atoms with Gasteiger partial charge in [-0.1, -0.05) is 80.2 Å². The summed E-state index contributed by atoms with van der Waals surface area (Å²) in [5.41, 5.74) is 8.82. The number of rotatable bonds is 26. The number of pyridine rings is 1. The number of carbonyl (C=O) groups excluding carboxylic acids is 4. The van der Waals surface area contributed by atoms with Gasteiger partial charge in [0.05, 0.1) is 30.5 Å². The number of hydrogen-bond donors (Lipinski definition) is 10. The van der Waals surface area contributed by atoms with Crippen LogP contribution in [-0.4, -0.2) is 134 Å². The van der Waals surface area contributed by atoms with Crippen LogP contribution in [0.1, 0.15) is 54.2 Å². The Morgan fingerprint density at radius 2 is 1.55 bits per heavy atom. The highest BCUT2D eigenvalue weighted by Crippen LogP contribution is 2.61. The number of carbonyl (C=O) groups is 4. The molecule has 4 aromatic heterocycles. The van der Waals surface area contributed by atoms with Gasteiger partial charge in [-0.25, -0.2) is 28.6 Å². The molecule has 32 heteroatoms. The number of thiophene rings is 1. The highest BCUT2D eigenvalue weighted by atomic mass is 32.2. The van der Waals surface area contributed by atoms with E-state index < -0.39 is 90.6 Å². The van der Waals surface area contributed by atoms with Gasteiger partial charge in [-0.05, 0) is 51.4 Å². The second kappa shape index (κ2) is 26.1. The minimum atomic E-state index is -5.62. The minimum Gasteiger partial charge on any atom is -0.386 e. The maximum atomic E-state index is 13.5. The number of nitrogens with one attached hydrogen (secondary N) is 3. The maximum absolute atomic E-state index is 13.5. The molecule has 3 amide bonds. The number of phosphoric acid groups is 3. The molecule has 7 rings (SSSR count). The molecular weight excluding hydrogens is 1120 g/mol. The fourth-order valence-electron chi connectivity index (χ4n) is 7.69. The van der Waals surface area contributed by atoms with Crippen LogP contribution in [0.2, 0.25) is 0 Å². The normalized spacial score (nSPS) is 19.1. The molecule has 418 valence electrons. The molecule has 1 saturated heterocycles. The number of nitrogens with zero attached hydrogens (tertiary/aromatic N) is 5. The van der Waals surface area contributed by atoms with E-state index in [9.17, 15) is 62.7 Å². The molecule has 0 radical (unpaired) electrons. The van der Waals surface area contributed by atoms with Gasteiger partial charge in [-0.15, -0.1) is 11.3 Å². The van der Waals surface area contributed by atoms with E-state index in [0.717, 1.165) is 56.8 Å². The van der Waals surface area contributed by atoms with Crippen LogP contribution in [0.15, 0.2) is 103 Å². The average Bonchev–Trinajstić information content (AvgIpc) is 4.29. The predicted molar refractivity (Wildman–Crippen MR) is 281 cm³/mol. The second-order valence-corrected chi connectivity index (χ2v) is 24.2. The summed E-state index contributed by atoms with van der Waals surface area (Å²) in [6, 6.07) is 22.0. The van der Waals surface area contributed by atoms with E-state index in [1.54, 1.807) is 30.6 Å². The van der Waals surface area contributed by atoms with Crippen molar-refractivity contribution in [2.24, 2.45) is 5.41 Å². The van der Waals surface area contributed by atoms with Crippen LogP contribution < -0.4 is 21.7 Å². The number of benzene rings is 2. The summed E-state index contributed by atoms with van der Waals surface area (Å²) in [6.45, 7) is 0.223. The van der Waals surface area contributed by atoms with E-state index in [1.807, 2.05) is 60.0 Å². The SMILES string of the molecule is CC(C)(COP(=O)(O)OP(=O)(O)OCC1OC(n2cnc3c(N)ncnc32)C(O)C1OP(=O)(O)O)C(O)C(=O)NCCC(=O)NCCSC(=O)CC(NC(=O)c1cc(-c2ccc(-c3ccncc3)cc2)cs1)c1ccccc1. The monoisotopic (exact) mass is 1180 g/mol. The minimum absolute atomic E-state index is 0.0189. The Hall–Kier alpha value is -5.68. The second-order valence-electron chi connectivity index (χ2n) is 17.9. The predicted octanol–water partition coefficient (Wildman–Crippen LogP) is 4.02. The van der Waals surface area contributed by atoms with Crippen molar-refractivity contribution in [2.45, 2.75) is 63.4 Å². The molecule has 27 nitrogen and oxygen atoms in total. The molecule has 0 spiro atoms. The summed E-state index contributed by atoms with van der Waals surface area (Å²) in [4.78, 5) is 108. The van der Waals surface area contributed by atoms with Gasteiger partial charge in [0, 0.05) is 49.5 Å². The molecule has 5 heterocycles. The van der Waals surface area contributed by atoms with Crippen LogP contribution in [0.25, 0.3) is 33.4 Å². The van der Waals surface area contributed by atoms with E-state index >= 15 is 0 Å². The molecule has 8 unspecified atom stereocenters. The molecule has 11 N–H and O–H groups in total. The summed E-state index contributed by atoms with van der Waals surface area (Å²) < 4.78 is 62.7. The first-order valence-electron chi connectivity index (χ1n) is 23.4. The Morgan fingerprint density at radius 1 is 0.885 bits per heavy atom. The molecule has 0 saturated carbocycles. The van der Waals surface area contributed by atoms with Crippen molar-refractivity contribution < 1.29 is 85.3 Å². The van der Waals surface area contributed by atoms with E-state index in [2.05, 4.69) is 44.7 Å². The molecule has 8 atom stereocenters. The zero-order valence-electron chi connectivity index (χ0n) is 41.3. The van der Waals surface area contributed by atoms with Crippen molar-refractivity contribution >= 4 is 86.4 Å². The third-order valence-electron chi connectivity index (χ3n) is 11.7.